The zero-order chi connectivity index (χ0) is 112. The maximum absolute atomic E-state index is 13.8. The van der Waals surface area contributed by atoms with Crippen LogP contribution in [0, 0.1) is 58.8 Å². The van der Waals surface area contributed by atoms with E-state index in [1.807, 2.05) is 148 Å². The Labute approximate surface area is 877 Å². The van der Waals surface area contributed by atoms with E-state index < -0.39 is 130 Å². The molecule has 3 aliphatic rings. The minimum absolute atomic E-state index is 0.0294. The maximum Gasteiger partial charge on any atom is 0.394 e. The van der Waals surface area contributed by atoms with E-state index in [2.05, 4.69) is 79.4 Å². The summed E-state index contributed by atoms with van der Waals surface area (Å²) in [6.45, 7) is 40.0. The molecule has 3 fully saturated rings. The van der Waals surface area contributed by atoms with E-state index in [1.54, 1.807) is 29.0 Å². The summed E-state index contributed by atoms with van der Waals surface area (Å²) in [6.07, 6.45) is -1.89. The molecule has 8 N–H and O–H groups in total. The highest BCUT2D eigenvalue weighted by atomic mass is 35.5. The van der Waals surface area contributed by atoms with Gasteiger partial charge >= 0.3 is 6.18 Å². The quantitative estimate of drug-likeness (QED) is 0.0234. The molecule has 6 aromatic carbocycles. The first-order valence-corrected chi connectivity index (χ1v) is 50.6. The standard InChI is InChI=1S/C18H21ClF3N3O.C18H23ClFN3O.C18H24FN3O2.C18H26FN3O2.C17H20ClF4N3O.C17H21ClF3N3O/c1-17(2,15(21)22)9-14(26)24-16-23-12-8-11(20)10(19)7-13(12)25(16)18(3)5-4-6-18;1-17(2,3)10-15(24)22-16-21-13-9-12(20)11(19)8-14(13)23(16)18(4)6-5-7-18;1-3-18(24,11-19)10-16(23)21-17-20-14-8-7-12(2)9-15(14)22(17)13-5-4-6-13;1-6-18(24,11-19)10-15(23)21-16-20-13-8-7-12(2)9-14(13)22(16)17(3,4)5;1-15(2,3)25-12-6-9(18)10(19)7-11(12)23-14(25)24-13(26)8-16(4,5)17(20,21)22;1-16(2,3)24-12-6-9(18)10(19)7-11(12)22-15(24)23-13(25)8-17(4,5)14(20)21/h7-8,15H,4-6,9H2,1-3H3,(H,23,24,26);8-9H,5-7,10H2,1-4H3,(H,21,22,24);7-9,13,24H,3-6,10-11H2,1-2H3,(H,20,21,23);7-9,24H,6,10-11H2,1-5H3,(H,20,21,23);6-7H,8H2,1-5H3,(H,23,24,26);6-7,14H,8H2,1-5H3,(H,22,23,25). The predicted molar refractivity (Wildman–Crippen MR) is 561 cm³/mol. The Morgan fingerprint density at radius 1 is 0.383 bits per heavy atom. The lowest BCUT2D eigenvalue weighted by molar-refractivity contribution is -0.213. The van der Waals surface area contributed by atoms with Crippen molar-refractivity contribution in [2.45, 2.75) is 339 Å². The molecule has 12 aromatic rings. The molecule has 149 heavy (non-hydrogen) atoms. The van der Waals surface area contributed by atoms with Gasteiger partial charge in [-0.3, -0.25) is 60.7 Å². The number of hydrogen-bond acceptors (Lipinski definition) is 14. The molecule has 26 nitrogen and oxygen atoms in total. The molecule has 6 heterocycles. The van der Waals surface area contributed by atoms with Gasteiger partial charge in [0.05, 0.1) is 105 Å². The van der Waals surface area contributed by atoms with Crippen molar-refractivity contribution in [2.24, 2.45) is 21.7 Å². The molecule has 2 unspecified atom stereocenters. The highest BCUT2D eigenvalue weighted by molar-refractivity contribution is 6.32. The number of alkyl halides is 9. The van der Waals surface area contributed by atoms with E-state index in [0.29, 0.717) is 63.4 Å². The molecule has 816 valence electrons. The summed E-state index contributed by atoms with van der Waals surface area (Å²) in [4.78, 5) is 99.9. The highest BCUT2D eigenvalue weighted by Gasteiger charge is 2.49. The van der Waals surface area contributed by atoms with Crippen molar-refractivity contribution in [3.8, 4) is 0 Å². The fourth-order valence-corrected chi connectivity index (χ4v) is 17.9. The average molecular weight is 2180 g/mol. The average Bonchev–Trinajstić information content (AvgIpc) is 1.59. The summed E-state index contributed by atoms with van der Waals surface area (Å²) in [5.41, 5.74) is -0.633. The number of fused-ring (bicyclic) bond motifs is 6. The minimum Gasteiger partial charge on any atom is -0.387 e. The lowest BCUT2D eigenvalue weighted by Crippen LogP contribution is -2.38. The first-order valence-electron chi connectivity index (χ1n) is 49.1. The second kappa shape index (κ2) is 46.0. The zero-order valence-electron chi connectivity index (χ0n) is 88.4. The second-order valence-electron chi connectivity index (χ2n) is 45.8. The third-order valence-corrected chi connectivity index (χ3v) is 27.8. The van der Waals surface area contributed by atoms with Gasteiger partial charge in [0.2, 0.25) is 84.0 Å². The van der Waals surface area contributed by atoms with Crippen molar-refractivity contribution in [3.05, 3.63) is 139 Å². The highest BCUT2D eigenvalue weighted by Crippen LogP contribution is 2.49. The summed E-state index contributed by atoms with van der Waals surface area (Å²) in [5, 5.41) is 36.0. The normalized spacial score (nSPS) is 15.3. The van der Waals surface area contributed by atoms with Gasteiger partial charge in [-0.15, -0.1) is 0 Å². The number of imidazole rings is 6. The molecule has 6 aromatic heterocycles. The third kappa shape index (κ3) is 28.9. The van der Waals surface area contributed by atoms with E-state index in [1.165, 1.54) is 70.5 Å². The number of nitrogens with zero attached hydrogens (tertiary/aromatic N) is 12. The lowest BCUT2D eigenvalue weighted by Gasteiger charge is -2.41. The smallest absolute Gasteiger partial charge is 0.387 e. The number of anilines is 6. The van der Waals surface area contributed by atoms with Crippen molar-refractivity contribution in [2.75, 3.05) is 45.2 Å². The minimum atomic E-state index is -4.52. The van der Waals surface area contributed by atoms with Crippen LogP contribution in [0.5, 0.6) is 0 Å². The van der Waals surface area contributed by atoms with Crippen LogP contribution in [0.2, 0.25) is 20.1 Å². The molecule has 3 aliphatic carbocycles. The molecular weight excluding hydrogens is 2040 g/mol. The van der Waals surface area contributed by atoms with Crippen LogP contribution in [0.1, 0.15) is 279 Å². The number of carbonyl (C=O) groups is 6. The van der Waals surface area contributed by atoms with Crippen molar-refractivity contribution in [3.63, 3.8) is 0 Å². The van der Waals surface area contributed by atoms with E-state index in [4.69, 9.17) is 46.4 Å². The molecule has 0 radical (unpaired) electrons. The Kier molecular flexibility index (Phi) is 37.0. The van der Waals surface area contributed by atoms with E-state index >= 15 is 0 Å². The van der Waals surface area contributed by atoms with Gasteiger partial charge in [-0.2, -0.15) is 13.2 Å². The Bertz CT molecular complexity index is 6920. The molecule has 15 rings (SSSR count). The van der Waals surface area contributed by atoms with Crippen molar-refractivity contribution >= 4 is 184 Å². The van der Waals surface area contributed by atoms with E-state index in [-0.39, 0.29) is 110 Å². The Hall–Kier alpha value is -10.9. The molecule has 0 bridgehead atoms. The first kappa shape index (κ1) is 120. The molecule has 3 saturated carbocycles. The van der Waals surface area contributed by atoms with E-state index in [0.717, 1.165) is 110 Å². The number of benzene rings is 6. The number of aromatic nitrogens is 12. The van der Waals surface area contributed by atoms with Crippen LogP contribution in [-0.4, -0.2) is 147 Å². The lowest BCUT2D eigenvalue weighted by atomic mass is 9.78. The fraction of sp³-hybridized carbons (Fsp3) is 0.547. The molecule has 2 atom stereocenters. The number of aliphatic hydroxyl groups is 2. The maximum atomic E-state index is 13.8. The van der Waals surface area contributed by atoms with Gasteiger partial charge in [0.15, 0.2) is 0 Å². The number of halogens is 17. The van der Waals surface area contributed by atoms with Gasteiger partial charge in [0, 0.05) is 94.5 Å². The predicted octanol–water partition coefficient (Wildman–Crippen LogP) is 28.2. The van der Waals surface area contributed by atoms with Crippen molar-refractivity contribution in [1.29, 1.82) is 0 Å². The summed E-state index contributed by atoms with van der Waals surface area (Å²) in [7, 11) is 0. The molecule has 0 spiro atoms. The summed E-state index contributed by atoms with van der Waals surface area (Å²) in [6, 6.07) is 23.0. The molecule has 0 saturated heterocycles. The number of amides is 6. The number of hydrogen-bond donors (Lipinski definition) is 8. The first-order chi connectivity index (χ1) is 68.6. The van der Waals surface area contributed by atoms with Crippen LogP contribution in [0.15, 0.2) is 84.9 Å². The van der Waals surface area contributed by atoms with Gasteiger partial charge in [-0.05, 0) is 226 Å². The molecule has 6 amide bonds. The Balaban J connectivity index is 0.000000183. The van der Waals surface area contributed by atoms with Crippen LogP contribution in [0.3, 0.4) is 0 Å². The third-order valence-electron chi connectivity index (χ3n) is 26.6. The molecule has 43 heteroatoms. The van der Waals surface area contributed by atoms with Crippen LogP contribution in [0.25, 0.3) is 66.2 Å². The van der Waals surface area contributed by atoms with Crippen LogP contribution in [0.4, 0.5) is 92.8 Å². The fourth-order valence-electron chi connectivity index (χ4n) is 17.3. The van der Waals surface area contributed by atoms with E-state index in [9.17, 15) is 96.1 Å². The van der Waals surface area contributed by atoms with Crippen LogP contribution >= 0.6 is 46.4 Å². The number of carbonyl (C=O) groups excluding carboxylic acids is 6. The summed E-state index contributed by atoms with van der Waals surface area (Å²) < 4.78 is 183. The number of aryl methyl sites for hydroxylation is 2. The summed E-state index contributed by atoms with van der Waals surface area (Å²) in [5.74, 6) is -3.50. The SMILES string of the molecule is CC(C)(C)CC(=O)Nc1nc2cc(F)c(Cl)cc2n1C1(C)CCC1.CC(C)(C)n1c(NC(=O)CC(C)(C)C(F)(F)F)nc2cc(F)c(Cl)cc21.CC(C)(CC(=O)Nc1nc2cc(F)c(Cl)cc2n1C(C)(C)C)C(F)F.CC(C)(CC(=O)Nc1nc2cc(F)c(Cl)cc2n1C1(C)CCC1)C(F)F.CCC(O)(CF)CC(=O)Nc1nc2ccc(C)cc2n1C(C)(C)C.CCC(O)(CF)CC(=O)Nc1nc2ccc(C)cc2n1C1CCC1. The summed E-state index contributed by atoms with van der Waals surface area (Å²) >= 11 is 23.6. The molecular formula is C106H135Cl4F13N18O8. The van der Waals surface area contributed by atoms with Crippen LogP contribution < -0.4 is 31.9 Å². The van der Waals surface area contributed by atoms with Gasteiger partial charge in [0.1, 0.15) is 47.8 Å². The molecule has 0 aliphatic heterocycles. The monoisotopic (exact) mass is 2170 g/mol. The largest absolute Gasteiger partial charge is 0.394 e. The van der Waals surface area contributed by atoms with Gasteiger partial charge < -0.3 is 37.6 Å². The Morgan fingerprint density at radius 2 is 0.658 bits per heavy atom. The second-order valence-corrected chi connectivity index (χ2v) is 47.4. The van der Waals surface area contributed by atoms with Gasteiger partial charge in [-0.25, -0.2) is 73.8 Å². The Morgan fingerprint density at radius 3 is 0.953 bits per heavy atom. The van der Waals surface area contributed by atoms with Crippen molar-refractivity contribution in [1.82, 2.24) is 57.3 Å². The van der Waals surface area contributed by atoms with Crippen LogP contribution in [-0.2, 0) is 56.5 Å². The zero-order valence-corrected chi connectivity index (χ0v) is 91.4. The topological polar surface area (TPSA) is 322 Å². The number of rotatable bonds is 26. The van der Waals surface area contributed by atoms with Gasteiger partial charge in [0.25, 0.3) is 0 Å². The van der Waals surface area contributed by atoms with Gasteiger partial charge in [-0.1, -0.05) is 135 Å². The van der Waals surface area contributed by atoms with Crippen molar-refractivity contribution < 1.29 is 96.1 Å². The number of nitrogens with one attached hydrogen (secondary N) is 6.